The minimum atomic E-state index is -0.911. The third-order valence-corrected chi connectivity index (χ3v) is 4.45. The average Bonchev–Trinajstić information content (AvgIpc) is 3.01. The number of amides is 1. The molecule has 1 saturated heterocycles. The molecule has 1 aliphatic heterocycles. The van der Waals surface area contributed by atoms with Gasteiger partial charge in [0.05, 0.1) is 6.54 Å². The summed E-state index contributed by atoms with van der Waals surface area (Å²) in [7, 11) is 0. The summed E-state index contributed by atoms with van der Waals surface area (Å²) < 4.78 is 28.2. The molecule has 3 aromatic rings. The predicted octanol–water partition coefficient (Wildman–Crippen LogP) is 1.56. The Balaban J connectivity index is 1.51. The Bertz CT molecular complexity index is 989. The van der Waals surface area contributed by atoms with Crippen molar-refractivity contribution in [2.75, 3.05) is 24.5 Å². The highest BCUT2D eigenvalue weighted by atomic mass is 19.2. The monoisotopic (exact) mass is 358 g/mol. The molecule has 0 aliphatic carbocycles. The second-order valence-electron chi connectivity index (χ2n) is 6.18. The molecule has 0 bridgehead atoms. The molecular formula is C17H16F2N6O. The number of halogens is 2. The Morgan fingerprint density at radius 1 is 1.15 bits per heavy atom. The lowest BCUT2D eigenvalue weighted by atomic mass is 10.2. The molecule has 2 aromatic heterocycles. The number of benzene rings is 1. The van der Waals surface area contributed by atoms with Crippen molar-refractivity contribution < 1.29 is 13.6 Å². The van der Waals surface area contributed by atoms with Crippen molar-refractivity contribution in [3.63, 3.8) is 0 Å². The zero-order valence-electron chi connectivity index (χ0n) is 14.1. The maximum absolute atomic E-state index is 13.4. The summed E-state index contributed by atoms with van der Waals surface area (Å²) in [6.45, 7) is 3.24. The van der Waals surface area contributed by atoms with E-state index in [1.54, 1.807) is 17.3 Å². The molecule has 1 fully saturated rings. The van der Waals surface area contributed by atoms with Gasteiger partial charge in [-0.3, -0.25) is 9.20 Å². The van der Waals surface area contributed by atoms with Crippen LogP contribution in [0, 0.1) is 18.6 Å². The second kappa shape index (κ2) is 6.32. The van der Waals surface area contributed by atoms with E-state index in [9.17, 15) is 13.6 Å². The van der Waals surface area contributed by atoms with Crippen molar-refractivity contribution in [2.24, 2.45) is 0 Å². The zero-order valence-corrected chi connectivity index (χ0v) is 14.1. The van der Waals surface area contributed by atoms with Gasteiger partial charge < -0.3 is 9.80 Å². The van der Waals surface area contributed by atoms with Gasteiger partial charge >= 0.3 is 0 Å². The van der Waals surface area contributed by atoms with E-state index in [0.717, 1.165) is 18.0 Å². The number of piperazine rings is 1. The lowest BCUT2D eigenvalue weighted by Gasteiger charge is -2.35. The molecule has 9 heteroatoms. The number of fused-ring (bicyclic) bond motifs is 1. The van der Waals surface area contributed by atoms with Crippen LogP contribution in [0.5, 0.6) is 0 Å². The van der Waals surface area contributed by atoms with Crippen LogP contribution in [0.3, 0.4) is 0 Å². The van der Waals surface area contributed by atoms with E-state index in [0.29, 0.717) is 30.1 Å². The average molecular weight is 358 g/mol. The fourth-order valence-corrected chi connectivity index (χ4v) is 3.07. The van der Waals surface area contributed by atoms with Crippen molar-refractivity contribution in [3.8, 4) is 0 Å². The molecule has 1 aliphatic rings. The fraction of sp³-hybridized carbons (Fsp3) is 0.294. The zero-order chi connectivity index (χ0) is 18.3. The van der Waals surface area contributed by atoms with Gasteiger partial charge in [0, 0.05) is 32.0 Å². The molecule has 4 rings (SSSR count). The smallest absolute Gasteiger partial charge is 0.242 e. The van der Waals surface area contributed by atoms with Crippen molar-refractivity contribution in [2.45, 2.75) is 13.5 Å². The maximum atomic E-state index is 13.4. The third kappa shape index (κ3) is 2.85. The lowest BCUT2D eigenvalue weighted by molar-refractivity contribution is -0.131. The van der Waals surface area contributed by atoms with Crippen LogP contribution >= 0.6 is 0 Å². The van der Waals surface area contributed by atoms with Crippen LogP contribution in [0.4, 0.5) is 14.6 Å². The number of nitrogens with zero attached hydrogens (tertiary/aromatic N) is 6. The van der Waals surface area contributed by atoms with Gasteiger partial charge in [-0.05, 0) is 24.6 Å². The van der Waals surface area contributed by atoms with Crippen LogP contribution in [-0.4, -0.2) is 50.0 Å². The fourth-order valence-electron chi connectivity index (χ4n) is 3.07. The Morgan fingerprint density at radius 2 is 2.00 bits per heavy atom. The maximum Gasteiger partial charge on any atom is 0.242 e. The molecule has 0 atom stereocenters. The Hall–Kier alpha value is -3.10. The first-order valence-electron chi connectivity index (χ1n) is 8.16. The normalized spacial score (nSPS) is 15.1. The molecule has 0 saturated carbocycles. The van der Waals surface area contributed by atoms with Gasteiger partial charge in [-0.1, -0.05) is 6.07 Å². The van der Waals surface area contributed by atoms with Gasteiger partial charge in [-0.15, -0.1) is 10.2 Å². The number of anilines is 1. The quantitative estimate of drug-likeness (QED) is 0.711. The Labute approximate surface area is 147 Å². The van der Waals surface area contributed by atoms with E-state index in [2.05, 4.69) is 15.2 Å². The highest BCUT2D eigenvalue weighted by Crippen LogP contribution is 2.20. The number of rotatable bonds is 3. The molecule has 26 heavy (non-hydrogen) atoms. The van der Waals surface area contributed by atoms with E-state index in [1.165, 1.54) is 6.07 Å². The molecule has 134 valence electrons. The van der Waals surface area contributed by atoms with Crippen molar-refractivity contribution in [1.29, 1.82) is 0 Å². The highest BCUT2D eigenvalue weighted by Gasteiger charge is 2.27. The first-order chi connectivity index (χ1) is 12.5. The summed E-state index contributed by atoms with van der Waals surface area (Å²) in [4.78, 5) is 20.3. The summed E-state index contributed by atoms with van der Waals surface area (Å²) in [6, 6.07) is 3.68. The highest BCUT2D eigenvalue weighted by molar-refractivity contribution is 5.84. The molecule has 0 unspecified atom stereocenters. The predicted molar refractivity (Wildman–Crippen MR) is 89.5 cm³/mol. The Kier molecular flexibility index (Phi) is 3.98. The molecule has 0 N–H and O–H groups in total. The second-order valence-corrected chi connectivity index (χ2v) is 6.18. The third-order valence-electron chi connectivity index (χ3n) is 4.45. The molecule has 3 heterocycles. The van der Waals surface area contributed by atoms with Crippen molar-refractivity contribution in [3.05, 3.63) is 53.6 Å². The van der Waals surface area contributed by atoms with Gasteiger partial charge in [0.2, 0.25) is 11.6 Å². The number of carbonyl (C=O) groups excluding carboxylic acids is 1. The summed E-state index contributed by atoms with van der Waals surface area (Å²) in [5.74, 6) is -0.568. The molecular weight excluding hydrogens is 342 g/mol. The molecule has 0 spiro atoms. The molecule has 7 nitrogen and oxygen atoms in total. The lowest BCUT2D eigenvalue weighted by Crippen LogP contribution is -2.50. The Morgan fingerprint density at radius 3 is 2.77 bits per heavy atom. The topological polar surface area (TPSA) is 66.6 Å². The largest absolute Gasteiger partial charge is 0.342 e. The number of carbonyl (C=O) groups is 1. The summed E-state index contributed by atoms with van der Waals surface area (Å²) in [5, 5.41) is 8.17. The standard InChI is InChI=1S/C17H16F2N6O/c1-11-21-22-17-16(20-4-5-25(11)17)24-7-6-23(15(26)10-24)9-12-2-3-13(18)14(19)8-12/h2-5,8H,6-7,9-10H2,1H3. The van der Waals surface area contributed by atoms with E-state index in [1.807, 2.05) is 16.2 Å². The van der Waals surface area contributed by atoms with Crippen molar-refractivity contribution >= 4 is 17.4 Å². The summed E-state index contributed by atoms with van der Waals surface area (Å²) >= 11 is 0. The van der Waals surface area contributed by atoms with Gasteiger partial charge in [0.15, 0.2) is 17.5 Å². The van der Waals surface area contributed by atoms with Crippen LogP contribution in [0.15, 0.2) is 30.6 Å². The van der Waals surface area contributed by atoms with Crippen LogP contribution in [0.25, 0.3) is 5.65 Å². The first-order valence-corrected chi connectivity index (χ1v) is 8.16. The molecule has 1 aromatic carbocycles. The van der Waals surface area contributed by atoms with E-state index < -0.39 is 11.6 Å². The SMILES string of the molecule is Cc1nnc2c(N3CCN(Cc4ccc(F)c(F)c4)C(=O)C3)nccn12. The van der Waals surface area contributed by atoms with Crippen LogP contribution in [-0.2, 0) is 11.3 Å². The molecule has 0 radical (unpaired) electrons. The van der Waals surface area contributed by atoms with Crippen LogP contribution in [0.1, 0.15) is 11.4 Å². The van der Waals surface area contributed by atoms with E-state index in [-0.39, 0.29) is 19.0 Å². The number of hydrogen-bond donors (Lipinski definition) is 0. The van der Waals surface area contributed by atoms with E-state index >= 15 is 0 Å². The minimum Gasteiger partial charge on any atom is -0.342 e. The number of aromatic nitrogens is 4. The minimum absolute atomic E-state index is 0.110. The first kappa shape index (κ1) is 16.4. The van der Waals surface area contributed by atoms with Gasteiger partial charge in [-0.25, -0.2) is 13.8 Å². The van der Waals surface area contributed by atoms with Crippen molar-refractivity contribution in [1.82, 2.24) is 24.5 Å². The number of hydrogen-bond acceptors (Lipinski definition) is 5. The van der Waals surface area contributed by atoms with Crippen LogP contribution in [0.2, 0.25) is 0 Å². The van der Waals surface area contributed by atoms with Gasteiger partial charge in [0.25, 0.3) is 0 Å². The van der Waals surface area contributed by atoms with Gasteiger partial charge in [-0.2, -0.15) is 0 Å². The summed E-state index contributed by atoms with van der Waals surface area (Å²) in [5.41, 5.74) is 1.16. The number of aryl methyl sites for hydroxylation is 1. The van der Waals surface area contributed by atoms with Gasteiger partial charge in [0.1, 0.15) is 5.82 Å². The molecule has 1 amide bonds. The summed E-state index contributed by atoms with van der Waals surface area (Å²) in [6.07, 6.45) is 3.42. The van der Waals surface area contributed by atoms with E-state index in [4.69, 9.17) is 0 Å². The van der Waals surface area contributed by atoms with Crippen LogP contribution < -0.4 is 4.90 Å².